The lowest BCUT2D eigenvalue weighted by atomic mass is 9.99. The molecule has 2 unspecified atom stereocenters. The molecule has 0 radical (unpaired) electrons. The summed E-state index contributed by atoms with van der Waals surface area (Å²) in [6.45, 7) is 4.98. The van der Waals surface area contributed by atoms with Crippen LogP contribution in [0, 0.1) is 6.92 Å². The van der Waals surface area contributed by atoms with E-state index in [9.17, 15) is 0 Å². The first kappa shape index (κ1) is 13.1. The summed E-state index contributed by atoms with van der Waals surface area (Å²) in [6.07, 6.45) is 3.66. The van der Waals surface area contributed by atoms with Crippen molar-refractivity contribution in [1.82, 2.24) is 20.5 Å². The Labute approximate surface area is 118 Å². The highest BCUT2D eigenvalue weighted by Crippen LogP contribution is 2.35. The predicted octanol–water partition coefficient (Wildman–Crippen LogP) is 2.68. The van der Waals surface area contributed by atoms with Crippen molar-refractivity contribution in [3.63, 3.8) is 0 Å². The molecule has 2 atom stereocenters. The molecule has 2 heterocycles. The third-order valence-corrected chi connectivity index (χ3v) is 3.80. The number of hydrogen-bond donors (Lipinski definition) is 2. The SMILES string of the molecule is Cc1cccc2c1OCCCC2NC(C)c1ncn[nH]1. The molecule has 0 aliphatic carbocycles. The Morgan fingerprint density at radius 1 is 1.45 bits per heavy atom. The van der Waals surface area contributed by atoms with E-state index in [1.54, 1.807) is 6.33 Å². The molecule has 0 amide bonds. The molecule has 5 heteroatoms. The fraction of sp³-hybridized carbons (Fsp3) is 0.467. The molecule has 106 valence electrons. The largest absolute Gasteiger partial charge is 0.493 e. The third kappa shape index (κ3) is 2.54. The standard InChI is InChI=1S/C15H20N4O/c1-10-5-3-6-12-13(7-4-8-20-14(10)12)18-11(2)15-16-9-17-19-15/h3,5-6,9,11,13,18H,4,7-8H2,1-2H3,(H,16,17,19). The fourth-order valence-electron chi connectivity index (χ4n) is 2.74. The maximum Gasteiger partial charge on any atom is 0.141 e. The van der Waals surface area contributed by atoms with Gasteiger partial charge in [0, 0.05) is 11.6 Å². The number of para-hydroxylation sites is 1. The van der Waals surface area contributed by atoms with E-state index in [0.717, 1.165) is 31.0 Å². The van der Waals surface area contributed by atoms with Crippen molar-refractivity contribution < 1.29 is 4.74 Å². The minimum Gasteiger partial charge on any atom is -0.493 e. The van der Waals surface area contributed by atoms with Gasteiger partial charge >= 0.3 is 0 Å². The number of nitrogens with zero attached hydrogens (tertiary/aromatic N) is 2. The molecule has 0 saturated heterocycles. The van der Waals surface area contributed by atoms with E-state index in [4.69, 9.17) is 4.74 Å². The van der Waals surface area contributed by atoms with Crippen LogP contribution in [0.25, 0.3) is 0 Å². The van der Waals surface area contributed by atoms with Crippen LogP contribution in [0.1, 0.15) is 48.8 Å². The van der Waals surface area contributed by atoms with Crippen molar-refractivity contribution in [2.45, 2.75) is 38.8 Å². The summed E-state index contributed by atoms with van der Waals surface area (Å²) < 4.78 is 5.91. The summed E-state index contributed by atoms with van der Waals surface area (Å²) in [7, 11) is 0. The number of nitrogens with one attached hydrogen (secondary N) is 2. The van der Waals surface area contributed by atoms with Crippen LogP contribution >= 0.6 is 0 Å². The van der Waals surface area contributed by atoms with E-state index in [1.165, 1.54) is 11.1 Å². The summed E-state index contributed by atoms with van der Waals surface area (Å²) in [5, 5.41) is 10.5. The molecule has 2 N–H and O–H groups in total. The highest BCUT2D eigenvalue weighted by Gasteiger charge is 2.23. The van der Waals surface area contributed by atoms with Crippen LogP contribution in [0.3, 0.4) is 0 Å². The second kappa shape index (κ2) is 5.63. The Bertz CT molecular complexity index is 567. The van der Waals surface area contributed by atoms with Crippen LogP contribution in [-0.2, 0) is 0 Å². The van der Waals surface area contributed by atoms with E-state index in [0.29, 0.717) is 0 Å². The predicted molar refractivity (Wildman–Crippen MR) is 76.6 cm³/mol. The number of aromatic nitrogens is 3. The van der Waals surface area contributed by atoms with Crippen molar-refractivity contribution >= 4 is 0 Å². The summed E-state index contributed by atoms with van der Waals surface area (Å²) in [5.41, 5.74) is 2.44. The average Bonchev–Trinajstić information content (AvgIpc) is 2.90. The number of ether oxygens (including phenoxy) is 1. The molecule has 0 spiro atoms. The van der Waals surface area contributed by atoms with Crippen molar-refractivity contribution in [3.05, 3.63) is 41.5 Å². The normalized spacial score (nSPS) is 19.8. The van der Waals surface area contributed by atoms with Crippen LogP contribution in [0.2, 0.25) is 0 Å². The lowest BCUT2D eigenvalue weighted by Crippen LogP contribution is -2.25. The van der Waals surface area contributed by atoms with Crippen LogP contribution in [-0.4, -0.2) is 21.8 Å². The smallest absolute Gasteiger partial charge is 0.141 e. The number of rotatable bonds is 3. The third-order valence-electron chi connectivity index (χ3n) is 3.80. The van der Waals surface area contributed by atoms with Gasteiger partial charge in [-0.05, 0) is 32.3 Å². The molecule has 0 saturated carbocycles. The van der Waals surface area contributed by atoms with Crippen molar-refractivity contribution in [1.29, 1.82) is 0 Å². The van der Waals surface area contributed by atoms with E-state index in [2.05, 4.69) is 52.5 Å². The molecule has 1 aromatic carbocycles. The lowest BCUT2D eigenvalue weighted by molar-refractivity contribution is 0.312. The van der Waals surface area contributed by atoms with Gasteiger partial charge < -0.3 is 10.1 Å². The van der Waals surface area contributed by atoms with Gasteiger partial charge in [0.2, 0.25) is 0 Å². The summed E-state index contributed by atoms with van der Waals surface area (Å²) in [5.74, 6) is 1.90. The van der Waals surface area contributed by atoms with Crippen molar-refractivity contribution in [3.8, 4) is 5.75 Å². The summed E-state index contributed by atoms with van der Waals surface area (Å²) >= 11 is 0. The van der Waals surface area contributed by atoms with Gasteiger partial charge in [0.25, 0.3) is 0 Å². The Kier molecular flexibility index (Phi) is 3.69. The second-order valence-corrected chi connectivity index (χ2v) is 5.30. The topological polar surface area (TPSA) is 62.8 Å². The zero-order valence-electron chi connectivity index (χ0n) is 11.9. The number of aromatic amines is 1. The minimum absolute atomic E-state index is 0.133. The molecule has 20 heavy (non-hydrogen) atoms. The molecule has 2 aromatic rings. The number of hydrogen-bond acceptors (Lipinski definition) is 4. The van der Waals surface area contributed by atoms with Gasteiger partial charge in [-0.3, -0.25) is 5.10 Å². The molecule has 3 rings (SSSR count). The Balaban J connectivity index is 1.85. The molecule has 5 nitrogen and oxygen atoms in total. The highest BCUT2D eigenvalue weighted by molar-refractivity contribution is 5.43. The monoisotopic (exact) mass is 272 g/mol. The first-order valence-corrected chi connectivity index (χ1v) is 7.09. The summed E-state index contributed by atoms with van der Waals surface area (Å²) in [4.78, 5) is 4.22. The van der Waals surface area contributed by atoms with Gasteiger partial charge in [0.15, 0.2) is 0 Å². The molecule has 1 aliphatic heterocycles. The zero-order chi connectivity index (χ0) is 13.9. The van der Waals surface area contributed by atoms with Crippen LogP contribution in [0.5, 0.6) is 5.75 Å². The Hall–Kier alpha value is -1.88. The lowest BCUT2D eigenvalue weighted by Gasteiger charge is -2.22. The van der Waals surface area contributed by atoms with Gasteiger partial charge in [-0.15, -0.1) is 0 Å². The molecule has 1 aliphatic rings. The van der Waals surface area contributed by atoms with E-state index < -0.39 is 0 Å². The van der Waals surface area contributed by atoms with Gasteiger partial charge in [-0.1, -0.05) is 18.2 Å². The van der Waals surface area contributed by atoms with Gasteiger partial charge in [-0.2, -0.15) is 5.10 Å². The number of aryl methyl sites for hydroxylation is 1. The van der Waals surface area contributed by atoms with E-state index >= 15 is 0 Å². The maximum absolute atomic E-state index is 5.91. The maximum atomic E-state index is 5.91. The van der Waals surface area contributed by atoms with Crippen molar-refractivity contribution in [2.24, 2.45) is 0 Å². The zero-order valence-corrected chi connectivity index (χ0v) is 11.9. The van der Waals surface area contributed by atoms with Gasteiger partial charge in [0.1, 0.15) is 17.9 Å². The molecular weight excluding hydrogens is 252 g/mol. The highest BCUT2D eigenvalue weighted by atomic mass is 16.5. The fourth-order valence-corrected chi connectivity index (χ4v) is 2.74. The molecule has 0 bridgehead atoms. The van der Waals surface area contributed by atoms with Gasteiger partial charge in [-0.25, -0.2) is 4.98 Å². The first-order valence-electron chi connectivity index (χ1n) is 7.09. The second-order valence-electron chi connectivity index (χ2n) is 5.30. The van der Waals surface area contributed by atoms with Gasteiger partial charge in [0.05, 0.1) is 12.6 Å². The summed E-state index contributed by atoms with van der Waals surface area (Å²) in [6, 6.07) is 6.76. The number of H-pyrrole nitrogens is 1. The quantitative estimate of drug-likeness (QED) is 0.901. The molecule has 1 aromatic heterocycles. The van der Waals surface area contributed by atoms with Crippen LogP contribution in [0.4, 0.5) is 0 Å². The number of fused-ring (bicyclic) bond motifs is 1. The Morgan fingerprint density at radius 2 is 2.35 bits per heavy atom. The van der Waals surface area contributed by atoms with E-state index in [1.807, 2.05) is 0 Å². The molecule has 0 fully saturated rings. The number of benzene rings is 1. The molecular formula is C15H20N4O. The van der Waals surface area contributed by atoms with Crippen LogP contribution < -0.4 is 10.1 Å². The van der Waals surface area contributed by atoms with E-state index in [-0.39, 0.29) is 12.1 Å². The van der Waals surface area contributed by atoms with Crippen molar-refractivity contribution in [2.75, 3.05) is 6.61 Å². The Morgan fingerprint density at radius 3 is 3.15 bits per heavy atom. The van der Waals surface area contributed by atoms with Crippen LogP contribution in [0.15, 0.2) is 24.5 Å². The minimum atomic E-state index is 0.133. The first-order chi connectivity index (χ1) is 9.75. The average molecular weight is 272 g/mol.